The van der Waals surface area contributed by atoms with Crippen molar-refractivity contribution in [2.75, 3.05) is 25.6 Å². The molecular formula is C14H17NO5. The summed E-state index contributed by atoms with van der Waals surface area (Å²) in [5.74, 6) is -0.243. The van der Waals surface area contributed by atoms with Crippen molar-refractivity contribution in [2.24, 2.45) is 0 Å². The molecule has 1 aromatic carbocycles. The van der Waals surface area contributed by atoms with E-state index >= 15 is 0 Å². The molecule has 0 aliphatic carbocycles. The first kappa shape index (κ1) is 14.3. The smallest absolute Gasteiger partial charge is 0.335 e. The largest absolute Gasteiger partial charge is 0.497 e. The molecule has 1 aromatic rings. The number of ether oxygens (including phenoxy) is 3. The van der Waals surface area contributed by atoms with Gasteiger partial charge in [0.2, 0.25) is 0 Å². The molecule has 1 aliphatic rings. The van der Waals surface area contributed by atoms with Gasteiger partial charge in [0.1, 0.15) is 5.75 Å². The number of carbonyl (C=O) groups is 2. The van der Waals surface area contributed by atoms with E-state index in [1.54, 1.807) is 31.4 Å². The summed E-state index contributed by atoms with van der Waals surface area (Å²) in [7, 11) is 1.55. The Kier molecular flexibility index (Phi) is 4.95. The normalized spacial score (nSPS) is 17.6. The van der Waals surface area contributed by atoms with Crippen molar-refractivity contribution < 1.29 is 23.8 Å². The molecule has 0 spiro atoms. The molecule has 1 heterocycles. The Morgan fingerprint density at radius 1 is 1.45 bits per heavy atom. The Morgan fingerprint density at radius 3 is 3.00 bits per heavy atom. The lowest BCUT2D eigenvalue weighted by atomic mass is 10.2. The number of benzene rings is 1. The molecule has 0 bridgehead atoms. The molecule has 1 atom stereocenters. The predicted octanol–water partition coefficient (Wildman–Crippen LogP) is 1.36. The Labute approximate surface area is 117 Å². The van der Waals surface area contributed by atoms with E-state index in [4.69, 9.17) is 14.2 Å². The van der Waals surface area contributed by atoms with Gasteiger partial charge < -0.3 is 19.5 Å². The van der Waals surface area contributed by atoms with Crippen LogP contribution in [0, 0.1) is 0 Å². The molecule has 108 valence electrons. The van der Waals surface area contributed by atoms with Crippen molar-refractivity contribution >= 4 is 17.6 Å². The molecular weight excluding hydrogens is 262 g/mol. The van der Waals surface area contributed by atoms with Crippen LogP contribution < -0.4 is 10.1 Å². The molecule has 0 aromatic heterocycles. The van der Waals surface area contributed by atoms with Crippen LogP contribution in [0.1, 0.15) is 12.8 Å². The van der Waals surface area contributed by atoms with Crippen LogP contribution in [0.15, 0.2) is 24.3 Å². The summed E-state index contributed by atoms with van der Waals surface area (Å²) >= 11 is 0. The summed E-state index contributed by atoms with van der Waals surface area (Å²) < 4.78 is 15.1. The van der Waals surface area contributed by atoms with E-state index in [1.807, 2.05) is 0 Å². The molecule has 1 saturated heterocycles. The topological polar surface area (TPSA) is 73.9 Å². The lowest BCUT2D eigenvalue weighted by molar-refractivity contribution is -0.156. The lowest BCUT2D eigenvalue weighted by Gasteiger charge is -2.10. The van der Waals surface area contributed by atoms with E-state index in [2.05, 4.69) is 5.32 Å². The van der Waals surface area contributed by atoms with E-state index in [1.165, 1.54) is 0 Å². The SMILES string of the molecule is COc1cccc(NC(=O)COC(=O)[C@@H]2CCCO2)c1. The fourth-order valence-corrected chi connectivity index (χ4v) is 1.89. The van der Waals surface area contributed by atoms with Gasteiger partial charge in [0.25, 0.3) is 5.91 Å². The third-order valence-corrected chi connectivity index (χ3v) is 2.89. The van der Waals surface area contributed by atoms with Gasteiger partial charge in [-0.3, -0.25) is 4.79 Å². The van der Waals surface area contributed by atoms with Gasteiger partial charge in [0.15, 0.2) is 12.7 Å². The predicted molar refractivity (Wildman–Crippen MR) is 71.6 cm³/mol. The zero-order valence-electron chi connectivity index (χ0n) is 11.3. The van der Waals surface area contributed by atoms with Gasteiger partial charge in [-0.2, -0.15) is 0 Å². The maximum Gasteiger partial charge on any atom is 0.335 e. The van der Waals surface area contributed by atoms with Gasteiger partial charge in [-0.05, 0) is 25.0 Å². The number of hydrogen-bond donors (Lipinski definition) is 1. The highest BCUT2D eigenvalue weighted by Crippen LogP contribution is 2.17. The summed E-state index contributed by atoms with van der Waals surface area (Å²) in [5, 5.41) is 2.63. The van der Waals surface area contributed by atoms with Crippen molar-refractivity contribution in [1.29, 1.82) is 0 Å². The Bertz CT molecular complexity index is 482. The summed E-state index contributed by atoms with van der Waals surface area (Å²) in [6.45, 7) is 0.242. The van der Waals surface area contributed by atoms with Gasteiger partial charge >= 0.3 is 5.97 Å². The molecule has 1 amide bonds. The van der Waals surface area contributed by atoms with Crippen molar-refractivity contribution in [3.63, 3.8) is 0 Å². The van der Waals surface area contributed by atoms with E-state index < -0.39 is 18.0 Å². The Morgan fingerprint density at radius 2 is 2.30 bits per heavy atom. The molecule has 1 fully saturated rings. The number of amides is 1. The molecule has 0 radical (unpaired) electrons. The third-order valence-electron chi connectivity index (χ3n) is 2.89. The summed E-state index contributed by atoms with van der Waals surface area (Å²) in [4.78, 5) is 23.2. The second kappa shape index (κ2) is 6.91. The number of rotatable bonds is 5. The van der Waals surface area contributed by atoms with Gasteiger partial charge in [0.05, 0.1) is 7.11 Å². The van der Waals surface area contributed by atoms with Crippen LogP contribution in [-0.2, 0) is 19.1 Å². The number of methoxy groups -OCH3 is 1. The second-order valence-corrected chi connectivity index (χ2v) is 4.39. The summed E-state index contributed by atoms with van der Waals surface area (Å²) in [6, 6.07) is 6.93. The van der Waals surface area contributed by atoms with Crippen LogP contribution in [0.2, 0.25) is 0 Å². The van der Waals surface area contributed by atoms with Crippen molar-refractivity contribution in [2.45, 2.75) is 18.9 Å². The average Bonchev–Trinajstić information content (AvgIpc) is 2.99. The molecule has 1 aliphatic heterocycles. The van der Waals surface area contributed by atoms with Crippen LogP contribution in [-0.4, -0.2) is 38.3 Å². The van der Waals surface area contributed by atoms with Gasteiger partial charge in [-0.15, -0.1) is 0 Å². The van der Waals surface area contributed by atoms with Crippen molar-refractivity contribution in [3.8, 4) is 5.75 Å². The standard InChI is InChI=1S/C14H17NO5/c1-18-11-5-2-4-10(8-11)15-13(16)9-20-14(17)12-6-3-7-19-12/h2,4-5,8,12H,3,6-7,9H2,1H3,(H,15,16)/t12-/m0/s1. The molecule has 0 unspecified atom stereocenters. The maximum atomic E-state index is 11.7. The number of esters is 1. The van der Waals surface area contributed by atoms with E-state index in [-0.39, 0.29) is 6.61 Å². The first-order valence-electron chi connectivity index (χ1n) is 6.41. The maximum absolute atomic E-state index is 11.7. The quantitative estimate of drug-likeness (QED) is 0.824. The summed E-state index contributed by atoms with van der Waals surface area (Å²) in [5.41, 5.74) is 0.586. The molecule has 6 nitrogen and oxygen atoms in total. The van der Waals surface area contributed by atoms with Crippen molar-refractivity contribution in [1.82, 2.24) is 0 Å². The van der Waals surface area contributed by atoms with Crippen LogP contribution in [0.25, 0.3) is 0 Å². The van der Waals surface area contributed by atoms with E-state index in [0.717, 1.165) is 6.42 Å². The lowest BCUT2D eigenvalue weighted by Crippen LogP contribution is -2.27. The highest BCUT2D eigenvalue weighted by molar-refractivity contribution is 5.93. The first-order chi connectivity index (χ1) is 9.69. The van der Waals surface area contributed by atoms with E-state index in [9.17, 15) is 9.59 Å². The minimum absolute atomic E-state index is 0.324. The number of carbonyl (C=O) groups excluding carboxylic acids is 2. The molecule has 6 heteroatoms. The molecule has 1 N–H and O–H groups in total. The van der Waals surface area contributed by atoms with Crippen molar-refractivity contribution in [3.05, 3.63) is 24.3 Å². The minimum Gasteiger partial charge on any atom is -0.497 e. The number of hydrogen-bond acceptors (Lipinski definition) is 5. The van der Waals surface area contributed by atoms with Crippen LogP contribution in [0.5, 0.6) is 5.75 Å². The summed E-state index contributed by atoms with van der Waals surface area (Å²) in [6.07, 6.45) is 0.964. The zero-order chi connectivity index (χ0) is 14.4. The zero-order valence-corrected chi connectivity index (χ0v) is 11.3. The number of anilines is 1. The third kappa shape index (κ3) is 3.96. The minimum atomic E-state index is -0.528. The second-order valence-electron chi connectivity index (χ2n) is 4.39. The Balaban J connectivity index is 1.78. The van der Waals surface area contributed by atoms with Gasteiger partial charge in [-0.25, -0.2) is 4.79 Å². The van der Waals surface area contributed by atoms with Crippen LogP contribution >= 0.6 is 0 Å². The average molecular weight is 279 g/mol. The first-order valence-corrected chi connectivity index (χ1v) is 6.41. The molecule has 20 heavy (non-hydrogen) atoms. The number of nitrogens with one attached hydrogen (secondary N) is 1. The fraction of sp³-hybridized carbons (Fsp3) is 0.429. The highest BCUT2D eigenvalue weighted by Gasteiger charge is 2.25. The highest BCUT2D eigenvalue weighted by atomic mass is 16.6. The van der Waals surface area contributed by atoms with Crippen LogP contribution in [0.3, 0.4) is 0 Å². The molecule has 0 saturated carbocycles. The van der Waals surface area contributed by atoms with Gasteiger partial charge in [0, 0.05) is 18.4 Å². The van der Waals surface area contributed by atoms with Crippen LogP contribution in [0.4, 0.5) is 5.69 Å². The fourth-order valence-electron chi connectivity index (χ4n) is 1.89. The Hall–Kier alpha value is -2.08. The monoisotopic (exact) mass is 279 g/mol. The van der Waals surface area contributed by atoms with Gasteiger partial charge in [-0.1, -0.05) is 6.07 Å². The molecule has 2 rings (SSSR count). The van der Waals surface area contributed by atoms with E-state index in [0.29, 0.717) is 24.5 Å².